The molecule has 1 radical (unpaired) electrons. The average Bonchev–Trinajstić information content (AvgIpc) is 1.82. The van der Waals surface area contributed by atoms with E-state index in [9.17, 15) is 5.48 Å². The first-order valence-electron chi connectivity index (χ1n) is 29.1. The third kappa shape index (κ3) is 8.81. The van der Waals surface area contributed by atoms with Crippen LogP contribution in [0.5, 0.6) is 0 Å². The van der Waals surface area contributed by atoms with E-state index >= 15 is 0 Å². The molecule has 0 amide bonds. The maximum absolute atomic E-state index is 9.33. The van der Waals surface area contributed by atoms with E-state index in [0.717, 1.165) is 6.20 Å². The summed E-state index contributed by atoms with van der Waals surface area (Å²) < 4.78 is 186. The van der Waals surface area contributed by atoms with Gasteiger partial charge in [-0.05, 0) is 143 Å². The van der Waals surface area contributed by atoms with Gasteiger partial charge in [0.05, 0.1) is 0 Å². The Bertz CT molecular complexity index is 3380. The van der Waals surface area contributed by atoms with Crippen LogP contribution in [0.1, 0.15) is 101 Å². The van der Waals surface area contributed by atoms with Gasteiger partial charge in [0.25, 0.3) is 0 Å². The van der Waals surface area contributed by atoms with Crippen molar-refractivity contribution in [2.24, 2.45) is 10.8 Å². The number of hydrogen-bond donors (Lipinski definition) is 0. The first kappa shape index (κ1) is 21.2. The van der Waals surface area contributed by atoms with Crippen molar-refractivity contribution in [1.29, 1.82) is 0 Å². The predicted octanol–water partition coefficient (Wildman–Crippen LogP) is 13.1. The summed E-state index contributed by atoms with van der Waals surface area (Å²) in [5, 5.41) is 0. The molecule has 0 atom stereocenters. The van der Waals surface area contributed by atoms with Crippen molar-refractivity contribution in [2.45, 2.75) is 80.0 Å². The largest absolute Gasteiger partial charge is 0.304 e. The van der Waals surface area contributed by atoms with Gasteiger partial charge in [-0.2, -0.15) is 0 Å². The molecule has 0 fully saturated rings. The minimum atomic E-state index is -2.81. The summed E-state index contributed by atoms with van der Waals surface area (Å²) in [5.74, 6) is 0. The molecule has 0 unspecified atom stereocenters. The van der Waals surface area contributed by atoms with Crippen LogP contribution in [-0.2, 0) is 52.0 Å². The first-order chi connectivity index (χ1) is 35.7. The summed E-state index contributed by atoms with van der Waals surface area (Å²) in [5.41, 5.74) is -2.66. The molecule has 0 aliphatic heterocycles. The number of benzene rings is 5. The van der Waals surface area contributed by atoms with Crippen molar-refractivity contribution in [3.8, 4) is 44.8 Å². The molecule has 2 nitrogen and oxygen atoms in total. The standard InChI is InChI=1S/C34H34N.C20H18N.Ir/c1-23-14-32(35-22-31(23)17-33(2,3)4)26-11-7-10-24(15-26)25-12-13-29-20-34(21-30(29)16-25)18-27-8-5-6-9-28(27)19-34;1-14-8-7-9-15(2)20(14)18-12-19(21-13-16(18)3)17-10-5-4-6-11-17;/h5-10,12-16,22H,17-21H2,1-4H3;4-10,12-13H,1-3H3;/q2*-1;/i1D3,17D2,18D2,19D2,20D2,21D2;1D3,2D3,3D3;. The molecule has 1 spiro atoms. The maximum atomic E-state index is 9.33. The van der Waals surface area contributed by atoms with Crippen LogP contribution in [0.15, 0.2) is 128 Å². The smallest absolute Gasteiger partial charge is 0.0322 e. The summed E-state index contributed by atoms with van der Waals surface area (Å²) in [4.78, 5) is 8.64. The van der Waals surface area contributed by atoms with Crippen molar-refractivity contribution in [3.63, 3.8) is 0 Å². The summed E-state index contributed by atoms with van der Waals surface area (Å²) in [6.45, 7) is -5.52. The molecule has 57 heavy (non-hydrogen) atoms. The molecule has 2 aliphatic carbocycles. The van der Waals surface area contributed by atoms with Crippen molar-refractivity contribution < 1.29 is 50.3 Å². The van der Waals surface area contributed by atoms with Crippen LogP contribution in [-0.4, -0.2) is 9.97 Å². The van der Waals surface area contributed by atoms with E-state index in [0.29, 0.717) is 27.9 Å². The molecular weight excluding hydrogens is 869 g/mol. The fraction of sp³-hybridized carbons (Fsp3) is 0.259. The van der Waals surface area contributed by atoms with Crippen molar-refractivity contribution in [1.82, 2.24) is 9.97 Å². The van der Waals surface area contributed by atoms with E-state index in [4.69, 9.17) is 24.7 Å². The number of pyridine rings is 2. The van der Waals surface area contributed by atoms with Gasteiger partial charge in [0.2, 0.25) is 0 Å². The van der Waals surface area contributed by atoms with Gasteiger partial charge in [0, 0.05) is 62.7 Å². The molecule has 0 bridgehead atoms. The fourth-order valence-electron chi connectivity index (χ4n) is 6.74. The Morgan fingerprint density at radius 2 is 1.25 bits per heavy atom. The van der Waals surface area contributed by atoms with Crippen LogP contribution in [0.4, 0.5) is 0 Å². The molecule has 7 aromatic rings. The zero-order chi connectivity index (χ0) is 58.0. The molecule has 0 saturated carbocycles. The topological polar surface area (TPSA) is 25.8 Å². The Morgan fingerprint density at radius 3 is 1.93 bits per heavy atom. The monoisotopic (exact) mass is 944 g/mol. The zero-order valence-electron chi connectivity index (χ0n) is 53.4. The quantitative estimate of drug-likeness (QED) is 0.161. The average molecular weight is 943 g/mol. The van der Waals surface area contributed by atoms with Crippen LogP contribution in [0.2, 0.25) is 0 Å². The van der Waals surface area contributed by atoms with E-state index in [1.165, 1.54) is 72.9 Å². The second-order valence-corrected chi connectivity index (χ2v) is 14.7. The number of aromatic nitrogens is 2. The minimum Gasteiger partial charge on any atom is -0.304 e. The van der Waals surface area contributed by atoms with Gasteiger partial charge in [0.15, 0.2) is 0 Å². The van der Waals surface area contributed by atoms with Gasteiger partial charge in [-0.1, -0.05) is 99.1 Å². The third-order valence-corrected chi connectivity index (χ3v) is 9.28. The van der Waals surface area contributed by atoms with Gasteiger partial charge >= 0.3 is 0 Å². The molecule has 0 N–H and O–H groups in total. The second-order valence-electron chi connectivity index (χ2n) is 14.7. The van der Waals surface area contributed by atoms with Gasteiger partial charge in [-0.25, -0.2) is 0 Å². The predicted molar refractivity (Wildman–Crippen MR) is 234 cm³/mol. The number of hydrogen-bond acceptors (Lipinski definition) is 2. The zero-order valence-corrected chi connectivity index (χ0v) is 33.7. The molecule has 5 aromatic carbocycles. The number of aryl methyl sites for hydroxylation is 4. The van der Waals surface area contributed by atoms with E-state index in [-0.39, 0.29) is 87.0 Å². The van der Waals surface area contributed by atoms with Crippen molar-refractivity contribution >= 4 is 0 Å². The Balaban J connectivity index is 0.000000251. The van der Waals surface area contributed by atoms with Crippen LogP contribution in [0.25, 0.3) is 44.8 Å². The fourth-order valence-corrected chi connectivity index (χ4v) is 6.74. The van der Waals surface area contributed by atoms with E-state index in [1.807, 2.05) is 0 Å². The molecular formula is C54H52IrN2-2. The first-order valence-corrected chi connectivity index (χ1v) is 18.1. The second kappa shape index (κ2) is 16.5. The van der Waals surface area contributed by atoms with Crippen LogP contribution in [0, 0.1) is 50.4 Å². The Kier molecular flexibility index (Phi) is 6.13. The molecule has 289 valence electrons. The Hall–Kier alpha value is -4.95. The summed E-state index contributed by atoms with van der Waals surface area (Å²) in [6, 6.07) is 34.8. The summed E-state index contributed by atoms with van der Waals surface area (Å²) in [6.07, 6.45) is -10.6. The van der Waals surface area contributed by atoms with E-state index in [2.05, 4.69) is 22.1 Å². The molecule has 2 aromatic heterocycles. The molecule has 2 aliphatic rings. The van der Waals surface area contributed by atoms with Gasteiger partial charge in [-0.15, -0.1) is 71.3 Å². The minimum absolute atomic E-state index is 0. The van der Waals surface area contributed by atoms with Crippen molar-refractivity contribution in [2.75, 3.05) is 0 Å². The van der Waals surface area contributed by atoms with Gasteiger partial charge < -0.3 is 9.97 Å². The molecule has 3 heteroatoms. The normalized spacial score (nSPS) is 24.1. The van der Waals surface area contributed by atoms with Crippen LogP contribution in [0.3, 0.4) is 0 Å². The number of nitrogens with zero attached hydrogens (tertiary/aromatic N) is 2. The maximum Gasteiger partial charge on any atom is 0.0322 e. The Morgan fingerprint density at radius 1 is 0.614 bits per heavy atom. The van der Waals surface area contributed by atoms with Crippen molar-refractivity contribution in [3.05, 3.63) is 190 Å². The Labute approximate surface area is 385 Å². The molecule has 9 rings (SSSR count). The number of fused-ring (bicyclic) bond motifs is 2. The van der Waals surface area contributed by atoms with E-state index < -0.39 is 70.1 Å². The van der Waals surface area contributed by atoms with E-state index in [1.54, 1.807) is 69.3 Å². The van der Waals surface area contributed by atoms with Gasteiger partial charge in [-0.3, -0.25) is 0 Å². The molecule has 0 saturated heterocycles. The van der Waals surface area contributed by atoms with Crippen LogP contribution < -0.4 is 0 Å². The number of rotatable bonds is 5. The molecule has 2 heterocycles. The third-order valence-electron chi connectivity index (χ3n) is 9.28. The summed E-state index contributed by atoms with van der Waals surface area (Å²) >= 11 is 0. The summed E-state index contributed by atoms with van der Waals surface area (Å²) in [7, 11) is 0. The van der Waals surface area contributed by atoms with Gasteiger partial charge in [0.1, 0.15) is 0 Å². The van der Waals surface area contributed by atoms with Crippen LogP contribution >= 0.6 is 0 Å². The SMILES string of the molecule is [2H]C([2H])([2H])c1cc(-c2[c-]ccc(-c3ccc4c(c3)C([2H])([2H])C3(C([2H])([2H])c5ccccc5C3([2H])[2H])C4([2H])[2H])c2)ncc1C([2H])([2H])C(C)(C)C.[2H]C([2H])([2H])c1cnc(-c2[c-]cccc2)cc1-c1c(C([2H])([2H])[2H])cccc1C([2H])([2H])[2H].[Ir].